The molecule has 1 fully saturated rings. The van der Waals surface area contributed by atoms with Crippen LogP contribution in [0.1, 0.15) is 0 Å². The van der Waals surface area contributed by atoms with Gasteiger partial charge in [-0.05, 0) is 12.1 Å². The minimum absolute atomic E-state index is 0.210. The third-order valence-electron chi connectivity index (χ3n) is 3.69. The van der Waals surface area contributed by atoms with E-state index in [9.17, 15) is 20.1 Å². The van der Waals surface area contributed by atoms with Crippen LogP contribution in [0.2, 0.25) is 0 Å². The van der Waals surface area contributed by atoms with Crippen molar-refractivity contribution in [3.05, 3.63) is 40.6 Å². The van der Waals surface area contributed by atoms with Crippen LogP contribution in [-0.4, -0.2) is 57.7 Å². The first-order chi connectivity index (χ1) is 11.0. The van der Waals surface area contributed by atoms with Gasteiger partial charge in [0.05, 0.1) is 18.1 Å². The molecule has 5 unspecified atom stereocenters. The molecule has 1 aliphatic heterocycles. The van der Waals surface area contributed by atoms with Crippen LogP contribution in [0.25, 0.3) is 11.0 Å². The number of aliphatic hydroxyl groups excluding tert-OH is 4. The molecule has 0 saturated carbocycles. The SMILES string of the molecule is O=c1cc(OC2OC(CO)C(O)C(O)C2O)oc2ccccc12. The largest absolute Gasteiger partial charge is 0.432 e. The Bertz CT molecular complexity index is 740. The predicted molar refractivity (Wildman–Crippen MR) is 76.9 cm³/mol. The average molecular weight is 324 g/mol. The van der Waals surface area contributed by atoms with Crippen molar-refractivity contribution in [1.29, 1.82) is 0 Å². The molecular formula is C15H16O8. The van der Waals surface area contributed by atoms with E-state index in [1.165, 1.54) is 0 Å². The van der Waals surface area contributed by atoms with E-state index in [4.69, 9.17) is 19.0 Å². The summed E-state index contributed by atoms with van der Waals surface area (Å²) in [5.41, 5.74) is -0.0500. The van der Waals surface area contributed by atoms with Gasteiger partial charge >= 0.3 is 0 Å². The number of ether oxygens (including phenoxy) is 2. The van der Waals surface area contributed by atoms with E-state index in [0.717, 1.165) is 6.07 Å². The molecule has 8 heteroatoms. The van der Waals surface area contributed by atoms with E-state index < -0.39 is 37.3 Å². The summed E-state index contributed by atoms with van der Waals surface area (Å²) in [4.78, 5) is 12.0. The van der Waals surface area contributed by atoms with Crippen molar-refractivity contribution in [3.63, 3.8) is 0 Å². The summed E-state index contributed by atoms with van der Waals surface area (Å²) >= 11 is 0. The van der Waals surface area contributed by atoms with Crippen molar-refractivity contribution >= 4 is 11.0 Å². The molecule has 0 bridgehead atoms. The Labute approximate surface area is 130 Å². The number of hydrogen-bond acceptors (Lipinski definition) is 8. The van der Waals surface area contributed by atoms with Crippen molar-refractivity contribution in [2.75, 3.05) is 6.61 Å². The lowest BCUT2D eigenvalue weighted by Gasteiger charge is -2.39. The Balaban J connectivity index is 1.87. The molecule has 1 aromatic carbocycles. The van der Waals surface area contributed by atoms with Gasteiger partial charge in [0, 0.05) is 0 Å². The second-order valence-electron chi connectivity index (χ2n) is 5.24. The topological polar surface area (TPSA) is 130 Å². The smallest absolute Gasteiger partial charge is 0.291 e. The second-order valence-corrected chi connectivity index (χ2v) is 5.24. The molecule has 0 radical (unpaired) electrons. The Morgan fingerprint density at radius 2 is 1.83 bits per heavy atom. The zero-order valence-electron chi connectivity index (χ0n) is 11.9. The van der Waals surface area contributed by atoms with Crippen LogP contribution in [0.4, 0.5) is 0 Å². The van der Waals surface area contributed by atoms with Crippen LogP contribution in [0, 0.1) is 0 Å². The minimum atomic E-state index is -1.58. The van der Waals surface area contributed by atoms with E-state index in [0.29, 0.717) is 11.0 Å². The molecular weight excluding hydrogens is 308 g/mol. The Morgan fingerprint density at radius 1 is 1.09 bits per heavy atom. The molecule has 1 saturated heterocycles. The lowest BCUT2D eigenvalue weighted by molar-refractivity contribution is -0.280. The van der Waals surface area contributed by atoms with Crippen LogP contribution >= 0.6 is 0 Å². The molecule has 5 atom stereocenters. The first-order valence-electron chi connectivity index (χ1n) is 7.01. The zero-order chi connectivity index (χ0) is 16.6. The molecule has 0 spiro atoms. The van der Waals surface area contributed by atoms with Crippen LogP contribution < -0.4 is 10.2 Å². The number of benzene rings is 1. The first-order valence-corrected chi connectivity index (χ1v) is 7.01. The molecule has 1 aromatic heterocycles. The summed E-state index contributed by atoms with van der Waals surface area (Å²) in [6, 6.07) is 7.64. The predicted octanol–water partition coefficient (Wildman–Crippen LogP) is -1.03. The number of para-hydroxylation sites is 1. The highest BCUT2D eigenvalue weighted by Gasteiger charge is 2.45. The van der Waals surface area contributed by atoms with Crippen molar-refractivity contribution in [2.24, 2.45) is 0 Å². The molecule has 124 valence electrons. The third-order valence-corrected chi connectivity index (χ3v) is 3.69. The fourth-order valence-corrected chi connectivity index (χ4v) is 2.42. The summed E-state index contributed by atoms with van der Waals surface area (Å²) < 4.78 is 15.9. The van der Waals surface area contributed by atoms with E-state index >= 15 is 0 Å². The average Bonchev–Trinajstić information content (AvgIpc) is 2.55. The molecule has 8 nitrogen and oxygen atoms in total. The van der Waals surface area contributed by atoms with Gasteiger partial charge in [-0.15, -0.1) is 0 Å². The minimum Gasteiger partial charge on any atom is -0.432 e. The van der Waals surface area contributed by atoms with Crippen molar-refractivity contribution in [2.45, 2.75) is 30.7 Å². The fourth-order valence-electron chi connectivity index (χ4n) is 2.42. The zero-order valence-corrected chi connectivity index (χ0v) is 11.9. The van der Waals surface area contributed by atoms with Gasteiger partial charge in [0.2, 0.25) is 6.29 Å². The standard InChI is InChI=1S/C15H16O8/c16-6-10-12(18)13(19)14(20)15(22-10)23-11-5-8(17)7-3-1-2-4-9(7)21-11/h1-5,10,12-16,18-20H,6H2. The number of hydrogen-bond donors (Lipinski definition) is 4. The van der Waals surface area contributed by atoms with Crippen LogP contribution in [0.5, 0.6) is 5.95 Å². The monoisotopic (exact) mass is 324 g/mol. The quantitative estimate of drug-likeness (QED) is 0.564. The maximum atomic E-state index is 12.0. The van der Waals surface area contributed by atoms with Gasteiger partial charge in [0.15, 0.2) is 5.43 Å². The van der Waals surface area contributed by atoms with Gasteiger partial charge in [-0.25, -0.2) is 0 Å². The summed E-state index contributed by atoms with van der Waals surface area (Å²) in [7, 11) is 0. The molecule has 2 aromatic rings. The molecule has 0 aliphatic carbocycles. The van der Waals surface area contributed by atoms with Crippen molar-refractivity contribution in [3.8, 4) is 5.95 Å². The molecule has 4 N–H and O–H groups in total. The number of fused-ring (bicyclic) bond motifs is 1. The van der Waals surface area contributed by atoms with E-state index in [-0.39, 0.29) is 11.4 Å². The van der Waals surface area contributed by atoms with E-state index in [1.807, 2.05) is 0 Å². The van der Waals surface area contributed by atoms with Gasteiger partial charge in [0.1, 0.15) is 30.0 Å². The third kappa shape index (κ3) is 2.94. The van der Waals surface area contributed by atoms with Crippen LogP contribution in [-0.2, 0) is 4.74 Å². The molecule has 23 heavy (non-hydrogen) atoms. The first kappa shape index (κ1) is 15.9. The normalized spacial score (nSPS) is 31.2. The van der Waals surface area contributed by atoms with Gasteiger partial charge < -0.3 is 34.3 Å². The van der Waals surface area contributed by atoms with Crippen molar-refractivity contribution in [1.82, 2.24) is 0 Å². The second kappa shape index (κ2) is 6.26. The number of rotatable bonds is 3. The highest BCUT2D eigenvalue weighted by atomic mass is 16.7. The maximum absolute atomic E-state index is 12.0. The Kier molecular flexibility index (Phi) is 4.33. The fraction of sp³-hybridized carbons (Fsp3) is 0.400. The lowest BCUT2D eigenvalue weighted by atomic mass is 9.99. The highest BCUT2D eigenvalue weighted by Crippen LogP contribution is 2.25. The van der Waals surface area contributed by atoms with E-state index in [2.05, 4.69) is 0 Å². The molecule has 2 heterocycles. The van der Waals surface area contributed by atoms with E-state index in [1.54, 1.807) is 24.3 Å². The van der Waals surface area contributed by atoms with Gasteiger partial charge in [0.25, 0.3) is 5.95 Å². The van der Waals surface area contributed by atoms with Crippen LogP contribution in [0.3, 0.4) is 0 Å². The maximum Gasteiger partial charge on any atom is 0.291 e. The Hall–Kier alpha value is -1.97. The summed E-state index contributed by atoms with van der Waals surface area (Å²) in [5, 5.41) is 38.8. The summed E-state index contributed by atoms with van der Waals surface area (Å²) in [5.74, 6) is -0.210. The van der Waals surface area contributed by atoms with Gasteiger partial charge in [-0.1, -0.05) is 12.1 Å². The molecule has 1 aliphatic rings. The Morgan fingerprint density at radius 3 is 2.57 bits per heavy atom. The molecule has 0 amide bonds. The molecule has 3 rings (SSSR count). The highest BCUT2D eigenvalue weighted by molar-refractivity contribution is 5.76. The summed E-state index contributed by atoms with van der Waals surface area (Å²) in [6.45, 7) is -0.577. The number of aliphatic hydroxyl groups is 4. The van der Waals surface area contributed by atoms with Gasteiger partial charge in [-0.3, -0.25) is 4.79 Å². The van der Waals surface area contributed by atoms with Gasteiger partial charge in [-0.2, -0.15) is 0 Å². The lowest BCUT2D eigenvalue weighted by Crippen LogP contribution is -2.60. The van der Waals surface area contributed by atoms with Crippen LogP contribution in [0.15, 0.2) is 39.5 Å². The van der Waals surface area contributed by atoms with Crippen molar-refractivity contribution < 1.29 is 34.3 Å². The summed E-state index contributed by atoms with van der Waals surface area (Å²) in [6.07, 6.45) is -7.15.